The molecule has 0 fully saturated rings. The van der Waals surface area contributed by atoms with Crippen molar-refractivity contribution in [1.82, 2.24) is 0 Å². The van der Waals surface area contributed by atoms with Gasteiger partial charge in [0.1, 0.15) is 11.5 Å². The summed E-state index contributed by atoms with van der Waals surface area (Å²) in [5.74, 6) is 1.38. The first-order chi connectivity index (χ1) is 7.77. The highest BCUT2D eigenvalue weighted by atomic mass is 16.7. The molecule has 1 atom stereocenters. The molecule has 0 saturated heterocycles. The molecule has 0 amide bonds. The SMILES string of the molecule is COc1c(C(N)CO)ccc2c1COCO2. The van der Waals surface area contributed by atoms with E-state index in [0.717, 1.165) is 16.9 Å². The van der Waals surface area contributed by atoms with Gasteiger partial charge in [0.25, 0.3) is 0 Å². The summed E-state index contributed by atoms with van der Waals surface area (Å²) >= 11 is 0. The van der Waals surface area contributed by atoms with Gasteiger partial charge in [0.15, 0.2) is 6.79 Å². The van der Waals surface area contributed by atoms with Gasteiger partial charge in [-0.2, -0.15) is 0 Å². The molecule has 0 bridgehead atoms. The maximum absolute atomic E-state index is 9.07. The van der Waals surface area contributed by atoms with Crippen LogP contribution in [0.1, 0.15) is 17.2 Å². The Bertz CT molecular complexity index is 380. The monoisotopic (exact) mass is 225 g/mol. The van der Waals surface area contributed by atoms with E-state index in [1.165, 1.54) is 0 Å². The van der Waals surface area contributed by atoms with Crippen LogP contribution in [0, 0.1) is 0 Å². The number of aliphatic hydroxyl groups excluding tert-OH is 1. The van der Waals surface area contributed by atoms with Crippen molar-refractivity contribution in [3.63, 3.8) is 0 Å². The highest BCUT2D eigenvalue weighted by Gasteiger charge is 2.21. The topological polar surface area (TPSA) is 73.9 Å². The fourth-order valence-corrected chi connectivity index (χ4v) is 1.78. The number of ether oxygens (including phenoxy) is 3. The molecular weight excluding hydrogens is 210 g/mol. The number of benzene rings is 1. The van der Waals surface area contributed by atoms with Gasteiger partial charge in [-0.3, -0.25) is 0 Å². The Labute approximate surface area is 93.7 Å². The number of rotatable bonds is 3. The number of hydrogen-bond acceptors (Lipinski definition) is 5. The maximum atomic E-state index is 9.07. The molecule has 0 saturated carbocycles. The highest BCUT2D eigenvalue weighted by Crippen LogP contribution is 2.37. The Morgan fingerprint density at radius 3 is 3.06 bits per heavy atom. The lowest BCUT2D eigenvalue weighted by atomic mass is 10.0. The van der Waals surface area contributed by atoms with E-state index >= 15 is 0 Å². The van der Waals surface area contributed by atoms with E-state index in [1.807, 2.05) is 12.1 Å². The summed E-state index contributed by atoms with van der Waals surface area (Å²) < 4.78 is 15.8. The minimum absolute atomic E-state index is 0.128. The van der Waals surface area contributed by atoms with Crippen molar-refractivity contribution >= 4 is 0 Å². The van der Waals surface area contributed by atoms with Crippen molar-refractivity contribution in [2.45, 2.75) is 12.6 Å². The summed E-state index contributed by atoms with van der Waals surface area (Å²) in [4.78, 5) is 0. The zero-order valence-corrected chi connectivity index (χ0v) is 9.10. The number of nitrogens with two attached hydrogens (primary N) is 1. The number of aliphatic hydroxyl groups is 1. The zero-order valence-electron chi connectivity index (χ0n) is 9.10. The number of fused-ring (bicyclic) bond motifs is 1. The fourth-order valence-electron chi connectivity index (χ4n) is 1.78. The molecule has 0 spiro atoms. The Morgan fingerprint density at radius 2 is 2.38 bits per heavy atom. The van der Waals surface area contributed by atoms with Crippen molar-refractivity contribution in [1.29, 1.82) is 0 Å². The van der Waals surface area contributed by atoms with E-state index in [1.54, 1.807) is 7.11 Å². The molecule has 2 rings (SSSR count). The Balaban J connectivity index is 2.47. The van der Waals surface area contributed by atoms with Gasteiger partial charge in [-0.1, -0.05) is 0 Å². The Morgan fingerprint density at radius 1 is 1.56 bits per heavy atom. The van der Waals surface area contributed by atoms with Gasteiger partial charge in [-0.05, 0) is 12.1 Å². The molecule has 1 aliphatic rings. The van der Waals surface area contributed by atoms with Crippen LogP contribution in [0.3, 0.4) is 0 Å². The Hall–Kier alpha value is -1.30. The first kappa shape index (κ1) is 11.2. The van der Waals surface area contributed by atoms with Crippen molar-refractivity contribution in [3.05, 3.63) is 23.3 Å². The van der Waals surface area contributed by atoms with Crippen LogP contribution in [-0.4, -0.2) is 25.6 Å². The van der Waals surface area contributed by atoms with Gasteiger partial charge < -0.3 is 25.1 Å². The molecule has 0 radical (unpaired) electrons. The minimum Gasteiger partial charge on any atom is -0.496 e. The van der Waals surface area contributed by atoms with Gasteiger partial charge in [-0.25, -0.2) is 0 Å². The molecule has 1 heterocycles. The summed E-state index contributed by atoms with van der Waals surface area (Å²) in [6, 6.07) is 3.18. The summed E-state index contributed by atoms with van der Waals surface area (Å²) in [6.07, 6.45) is 0. The highest BCUT2D eigenvalue weighted by molar-refractivity contribution is 5.51. The molecule has 0 aliphatic carbocycles. The third-order valence-electron chi connectivity index (χ3n) is 2.59. The summed E-state index contributed by atoms with van der Waals surface area (Å²) in [7, 11) is 1.57. The molecule has 1 aromatic carbocycles. The van der Waals surface area contributed by atoms with E-state index in [9.17, 15) is 0 Å². The van der Waals surface area contributed by atoms with E-state index < -0.39 is 6.04 Å². The average Bonchev–Trinajstić information content (AvgIpc) is 2.36. The number of hydrogen-bond donors (Lipinski definition) is 2. The van der Waals surface area contributed by atoms with Gasteiger partial charge in [0.2, 0.25) is 0 Å². The van der Waals surface area contributed by atoms with E-state index in [2.05, 4.69) is 0 Å². The third kappa shape index (κ3) is 1.84. The lowest BCUT2D eigenvalue weighted by Crippen LogP contribution is -2.18. The second-order valence-corrected chi connectivity index (χ2v) is 3.56. The fraction of sp³-hybridized carbons (Fsp3) is 0.455. The van der Waals surface area contributed by atoms with Crippen LogP contribution >= 0.6 is 0 Å². The van der Waals surface area contributed by atoms with Crippen LogP contribution in [0.5, 0.6) is 11.5 Å². The van der Waals surface area contributed by atoms with E-state index in [4.69, 9.17) is 25.1 Å². The first-order valence-electron chi connectivity index (χ1n) is 5.04. The molecule has 0 aromatic heterocycles. The molecule has 5 nitrogen and oxygen atoms in total. The van der Waals surface area contributed by atoms with Crippen molar-refractivity contribution < 1.29 is 19.3 Å². The largest absolute Gasteiger partial charge is 0.496 e. The lowest BCUT2D eigenvalue weighted by Gasteiger charge is -2.23. The molecule has 1 aliphatic heterocycles. The smallest absolute Gasteiger partial charge is 0.189 e. The van der Waals surface area contributed by atoms with Crippen LogP contribution < -0.4 is 15.2 Å². The molecule has 1 aromatic rings. The first-order valence-corrected chi connectivity index (χ1v) is 5.04. The van der Waals surface area contributed by atoms with Crippen molar-refractivity contribution in [2.75, 3.05) is 20.5 Å². The second-order valence-electron chi connectivity index (χ2n) is 3.56. The van der Waals surface area contributed by atoms with Crippen LogP contribution in [0.15, 0.2) is 12.1 Å². The predicted molar refractivity (Wildman–Crippen MR) is 57.3 cm³/mol. The third-order valence-corrected chi connectivity index (χ3v) is 2.59. The van der Waals surface area contributed by atoms with Crippen molar-refractivity contribution in [3.8, 4) is 11.5 Å². The normalized spacial score (nSPS) is 16.2. The summed E-state index contributed by atoms with van der Waals surface area (Å²) in [6.45, 7) is 0.558. The summed E-state index contributed by atoms with van der Waals surface area (Å²) in [5, 5.41) is 9.07. The zero-order chi connectivity index (χ0) is 11.5. The molecule has 1 unspecified atom stereocenters. The van der Waals surface area contributed by atoms with Crippen LogP contribution in [0.25, 0.3) is 0 Å². The maximum Gasteiger partial charge on any atom is 0.189 e. The molecule has 3 N–H and O–H groups in total. The van der Waals surface area contributed by atoms with Gasteiger partial charge in [-0.15, -0.1) is 0 Å². The van der Waals surface area contributed by atoms with Gasteiger partial charge in [0, 0.05) is 5.56 Å². The van der Waals surface area contributed by atoms with Crippen LogP contribution in [-0.2, 0) is 11.3 Å². The molecule has 88 valence electrons. The molecule has 16 heavy (non-hydrogen) atoms. The van der Waals surface area contributed by atoms with E-state index in [-0.39, 0.29) is 13.4 Å². The van der Waals surface area contributed by atoms with Gasteiger partial charge >= 0.3 is 0 Å². The quantitative estimate of drug-likeness (QED) is 0.786. The Kier molecular flexibility index (Phi) is 3.28. The lowest BCUT2D eigenvalue weighted by molar-refractivity contribution is -0.0176. The van der Waals surface area contributed by atoms with E-state index in [0.29, 0.717) is 12.4 Å². The van der Waals surface area contributed by atoms with Crippen LogP contribution in [0.2, 0.25) is 0 Å². The summed E-state index contributed by atoms with van der Waals surface area (Å²) in [5.41, 5.74) is 7.40. The number of methoxy groups -OCH3 is 1. The second kappa shape index (κ2) is 4.69. The predicted octanol–water partition coefficient (Wildman–Crippen LogP) is 0.554. The average molecular weight is 225 g/mol. The molecule has 5 heteroatoms. The van der Waals surface area contributed by atoms with Crippen molar-refractivity contribution in [2.24, 2.45) is 5.73 Å². The standard InChI is InChI=1S/C11H15NO4/c1-14-11-7(9(12)4-13)2-3-10-8(11)5-15-6-16-10/h2-3,9,13H,4-6,12H2,1H3. The van der Waals surface area contributed by atoms with Gasteiger partial charge in [0.05, 0.1) is 31.9 Å². The molecular formula is C11H15NO4. The van der Waals surface area contributed by atoms with Crippen LogP contribution in [0.4, 0.5) is 0 Å². The minimum atomic E-state index is -0.456.